The first kappa shape index (κ1) is 22.6. The van der Waals surface area contributed by atoms with E-state index >= 15 is 0 Å². The third-order valence-electron chi connectivity index (χ3n) is 6.31. The minimum Gasteiger partial charge on any atom is -0.348 e. The molecule has 0 atom stereocenters. The quantitative estimate of drug-likeness (QED) is 0.451. The van der Waals surface area contributed by atoms with Gasteiger partial charge in [-0.2, -0.15) is 5.10 Å². The van der Waals surface area contributed by atoms with Crippen LogP contribution in [0.1, 0.15) is 34.5 Å². The van der Waals surface area contributed by atoms with Crippen LogP contribution in [0.3, 0.4) is 0 Å². The highest BCUT2D eigenvalue weighted by Gasteiger charge is 2.20. The second-order valence-corrected chi connectivity index (χ2v) is 8.84. The van der Waals surface area contributed by atoms with Crippen LogP contribution in [0.25, 0.3) is 22.3 Å². The maximum atomic E-state index is 13.4. The number of pyridine rings is 1. The predicted octanol–water partition coefficient (Wildman–Crippen LogP) is 4.50. The molecule has 2 aromatic carbocycles. The van der Waals surface area contributed by atoms with Gasteiger partial charge >= 0.3 is 6.03 Å². The fourth-order valence-corrected chi connectivity index (χ4v) is 4.54. The van der Waals surface area contributed by atoms with Gasteiger partial charge in [-0.25, -0.2) is 9.78 Å². The summed E-state index contributed by atoms with van der Waals surface area (Å²) in [6.45, 7) is 3.80. The maximum absolute atomic E-state index is 13.4. The summed E-state index contributed by atoms with van der Waals surface area (Å²) >= 11 is 0. The predicted molar refractivity (Wildman–Crippen MR) is 136 cm³/mol. The minimum absolute atomic E-state index is 0.0802. The number of nitrogens with zero attached hydrogens (tertiary/aromatic N) is 4. The molecule has 8 heteroatoms. The van der Waals surface area contributed by atoms with Crippen LogP contribution < -0.4 is 10.6 Å². The number of rotatable bonds is 5. The summed E-state index contributed by atoms with van der Waals surface area (Å²) in [7, 11) is 1.83. The number of aromatic nitrogens is 3. The van der Waals surface area contributed by atoms with Gasteiger partial charge in [0.05, 0.1) is 22.3 Å². The van der Waals surface area contributed by atoms with Gasteiger partial charge in [-0.3, -0.25) is 9.48 Å². The zero-order chi connectivity index (χ0) is 24.4. The molecule has 2 N–H and O–H groups in total. The average Bonchev–Trinajstić information content (AvgIpc) is 3.51. The fraction of sp³-hybridized carbons (Fsp3) is 0.259. The van der Waals surface area contributed by atoms with Crippen molar-refractivity contribution in [3.05, 3.63) is 77.5 Å². The molecule has 0 bridgehead atoms. The fourth-order valence-electron chi connectivity index (χ4n) is 4.54. The Kier molecular flexibility index (Phi) is 6.18. The van der Waals surface area contributed by atoms with E-state index in [1.165, 1.54) is 0 Å². The van der Waals surface area contributed by atoms with Gasteiger partial charge in [0, 0.05) is 37.9 Å². The highest BCUT2D eigenvalue weighted by Crippen LogP contribution is 2.27. The normalized spacial score (nSPS) is 13.3. The number of anilines is 1. The molecule has 0 unspecified atom stereocenters. The van der Waals surface area contributed by atoms with Crippen molar-refractivity contribution >= 4 is 28.7 Å². The Morgan fingerprint density at radius 3 is 2.54 bits per heavy atom. The highest BCUT2D eigenvalue weighted by molar-refractivity contribution is 6.07. The molecule has 0 aliphatic carbocycles. The van der Waals surface area contributed by atoms with Crippen LogP contribution in [0.15, 0.2) is 60.7 Å². The molecule has 3 amide bonds. The van der Waals surface area contributed by atoms with E-state index in [-0.39, 0.29) is 11.9 Å². The summed E-state index contributed by atoms with van der Waals surface area (Å²) in [6, 6.07) is 19.1. The molecule has 4 aromatic rings. The van der Waals surface area contributed by atoms with E-state index in [9.17, 15) is 9.59 Å². The molecule has 0 radical (unpaired) electrons. The van der Waals surface area contributed by atoms with E-state index in [0.717, 1.165) is 59.5 Å². The van der Waals surface area contributed by atoms with Gasteiger partial charge in [-0.05, 0) is 43.5 Å². The third kappa shape index (κ3) is 4.73. The second kappa shape index (κ2) is 9.58. The van der Waals surface area contributed by atoms with Crippen LogP contribution in [-0.4, -0.2) is 44.7 Å². The van der Waals surface area contributed by atoms with Crippen LogP contribution >= 0.6 is 0 Å². The van der Waals surface area contributed by atoms with E-state index in [2.05, 4.69) is 15.7 Å². The number of fused-ring (bicyclic) bond motifs is 1. The Hall–Kier alpha value is -4.20. The van der Waals surface area contributed by atoms with Crippen molar-refractivity contribution in [2.45, 2.75) is 26.3 Å². The van der Waals surface area contributed by atoms with Gasteiger partial charge in [0.25, 0.3) is 5.91 Å². The molecule has 35 heavy (non-hydrogen) atoms. The molecule has 1 aliphatic rings. The van der Waals surface area contributed by atoms with Crippen LogP contribution in [0, 0.1) is 6.92 Å². The Labute approximate surface area is 204 Å². The minimum atomic E-state index is -0.197. The summed E-state index contributed by atoms with van der Waals surface area (Å²) in [6.07, 6.45) is 2.09. The Balaban J connectivity index is 1.37. The molecule has 0 spiro atoms. The van der Waals surface area contributed by atoms with Gasteiger partial charge in [-0.15, -0.1) is 0 Å². The molecule has 5 rings (SSSR count). The van der Waals surface area contributed by atoms with E-state index in [1.807, 2.05) is 79.5 Å². The number of nitrogens with one attached hydrogen (secondary N) is 2. The maximum Gasteiger partial charge on any atom is 0.321 e. The van der Waals surface area contributed by atoms with Gasteiger partial charge in [-0.1, -0.05) is 42.5 Å². The van der Waals surface area contributed by atoms with E-state index in [1.54, 1.807) is 4.68 Å². The number of benzene rings is 2. The SMILES string of the molecule is Cc1nn(C)c2nc(-c3ccccc3)cc(C(=O)NCc3cccc(NC(=O)N4CCCC4)c3)c12. The van der Waals surface area contributed by atoms with Gasteiger partial charge < -0.3 is 15.5 Å². The van der Waals surface area contributed by atoms with Crippen molar-refractivity contribution in [3.8, 4) is 11.3 Å². The van der Waals surface area contributed by atoms with Gasteiger partial charge in [0.1, 0.15) is 0 Å². The summed E-state index contributed by atoms with van der Waals surface area (Å²) in [5.41, 5.74) is 5.23. The van der Waals surface area contributed by atoms with Crippen molar-refractivity contribution in [1.82, 2.24) is 25.0 Å². The van der Waals surface area contributed by atoms with Crippen LogP contribution in [-0.2, 0) is 13.6 Å². The number of carbonyl (C=O) groups excluding carboxylic acids is 2. The lowest BCUT2D eigenvalue weighted by Gasteiger charge is -2.16. The third-order valence-corrected chi connectivity index (χ3v) is 6.31. The number of hydrogen-bond donors (Lipinski definition) is 2. The Bertz CT molecular complexity index is 1390. The summed E-state index contributed by atoms with van der Waals surface area (Å²) in [4.78, 5) is 32.4. The monoisotopic (exact) mass is 468 g/mol. The average molecular weight is 469 g/mol. The molecule has 8 nitrogen and oxygen atoms in total. The van der Waals surface area contributed by atoms with Crippen molar-refractivity contribution in [2.24, 2.45) is 7.05 Å². The lowest BCUT2D eigenvalue weighted by Crippen LogP contribution is -2.32. The lowest BCUT2D eigenvalue weighted by molar-refractivity contribution is 0.0952. The standard InChI is InChI=1S/C27H28N6O2/c1-18-24-22(16-23(20-10-4-3-5-11-20)30-25(24)32(2)31-18)26(34)28-17-19-9-8-12-21(15-19)29-27(35)33-13-6-7-14-33/h3-5,8-12,15-16H,6-7,13-14,17H2,1-2H3,(H,28,34)(H,29,35). The smallest absolute Gasteiger partial charge is 0.321 e. The molecule has 3 heterocycles. The first-order valence-electron chi connectivity index (χ1n) is 11.8. The highest BCUT2D eigenvalue weighted by atomic mass is 16.2. The molecule has 1 saturated heterocycles. The number of aryl methyl sites for hydroxylation is 2. The van der Waals surface area contributed by atoms with Gasteiger partial charge in [0.15, 0.2) is 5.65 Å². The number of amides is 3. The van der Waals surface area contributed by atoms with Crippen LogP contribution in [0.5, 0.6) is 0 Å². The molecule has 178 valence electrons. The first-order chi connectivity index (χ1) is 17.0. The summed E-state index contributed by atoms with van der Waals surface area (Å²) in [5.74, 6) is -0.197. The zero-order valence-electron chi connectivity index (χ0n) is 19.9. The number of hydrogen-bond acceptors (Lipinski definition) is 4. The van der Waals surface area contributed by atoms with E-state index < -0.39 is 0 Å². The van der Waals surface area contributed by atoms with E-state index in [0.29, 0.717) is 17.8 Å². The van der Waals surface area contributed by atoms with Crippen molar-refractivity contribution in [3.63, 3.8) is 0 Å². The number of likely N-dealkylation sites (tertiary alicyclic amines) is 1. The summed E-state index contributed by atoms with van der Waals surface area (Å²) < 4.78 is 1.71. The van der Waals surface area contributed by atoms with Gasteiger partial charge in [0.2, 0.25) is 0 Å². The molecular weight excluding hydrogens is 440 g/mol. The first-order valence-corrected chi connectivity index (χ1v) is 11.8. The second-order valence-electron chi connectivity index (χ2n) is 8.84. The zero-order valence-corrected chi connectivity index (χ0v) is 19.9. The largest absolute Gasteiger partial charge is 0.348 e. The lowest BCUT2D eigenvalue weighted by atomic mass is 10.0. The van der Waals surface area contributed by atoms with E-state index in [4.69, 9.17) is 4.98 Å². The molecule has 1 aliphatic heterocycles. The number of carbonyl (C=O) groups is 2. The van der Waals surface area contributed by atoms with Crippen LogP contribution in [0.4, 0.5) is 10.5 Å². The van der Waals surface area contributed by atoms with Crippen molar-refractivity contribution in [1.29, 1.82) is 0 Å². The molecule has 0 saturated carbocycles. The molecule has 2 aromatic heterocycles. The number of urea groups is 1. The van der Waals surface area contributed by atoms with Crippen molar-refractivity contribution < 1.29 is 9.59 Å². The van der Waals surface area contributed by atoms with Crippen LogP contribution in [0.2, 0.25) is 0 Å². The molecule has 1 fully saturated rings. The summed E-state index contributed by atoms with van der Waals surface area (Å²) in [5, 5.41) is 11.2. The topological polar surface area (TPSA) is 92.1 Å². The van der Waals surface area contributed by atoms with Crippen molar-refractivity contribution in [2.75, 3.05) is 18.4 Å². The Morgan fingerprint density at radius 2 is 1.77 bits per heavy atom. The Morgan fingerprint density at radius 1 is 1.00 bits per heavy atom. The molecular formula is C27H28N6O2.